The number of methoxy groups -OCH3 is 1. The standard InChI is InChI=1S/C25H26N2O6/c1-27(13-23(28)26-19-7-4-8-20(12-19)31-2)24(29)15-33-25(30)11-18-14-32-22-10-17-6-3-5-16(17)9-21(18)22/h4,7-10,12,14H,3,5-6,11,13,15H2,1-2H3,(H,26,28). The van der Waals surface area contributed by atoms with Gasteiger partial charge in [0.1, 0.15) is 11.3 Å². The quantitative estimate of drug-likeness (QED) is 0.530. The Bertz CT molecular complexity index is 1200. The summed E-state index contributed by atoms with van der Waals surface area (Å²) in [5, 5.41) is 3.61. The van der Waals surface area contributed by atoms with Gasteiger partial charge in [-0.05, 0) is 54.7 Å². The molecule has 4 rings (SSSR count). The molecule has 0 aliphatic heterocycles. The fraction of sp³-hybridized carbons (Fsp3) is 0.320. The van der Waals surface area contributed by atoms with Gasteiger partial charge in [0, 0.05) is 29.8 Å². The van der Waals surface area contributed by atoms with Gasteiger partial charge in [0.05, 0.1) is 26.3 Å². The van der Waals surface area contributed by atoms with E-state index >= 15 is 0 Å². The lowest BCUT2D eigenvalue weighted by molar-refractivity contribution is -0.151. The van der Waals surface area contributed by atoms with Crippen molar-refractivity contribution in [1.82, 2.24) is 4.90 Å². The number of rotatable bonds is 8. The van der Waals surface area contributed by atoms with Crippen LogP contribution in [0.1, 0.15) is 23.1 Å². The Morgan fingerprint density at radius 2 is 1.91 bits per heavy atom. The van der Waals surface area contributed by atoms with Crippen LogP contribution in [0.4, 0.5) is 5.69 Å². The molecule has 3 aromatic rings. The molecular formula is C25H26N2O6. The van der Waals surface area contributed by atoms with E-state index in [1.165, 1.54) is 30.2 Å². The average Bonchev–Trinajstić information content (AvgIpc) is 3.42. The topological polar surface area (TPSA) is 98.1 Å². The fourth-order valence-electron chi connectivity index (χ4n) is 3.95. The van der Waals surface area contributed by atoms with Gasteiger partial charge in [-0.2, -0.15) is 0 Å². The minimum atomic E-state index is -0.527. The van der Waals surface area contributed by atoms with Gasteiger partial charge in [-0.1, -0.05) is 6.07 Å². The van der Waals surface area contributed by atoms with Crippen LogP contribution in [0.25, 0.3) is 11.0 Å². The number of aryl methyl sites for hydroxylation is 2. The van der Waals surface area contributed by atoms with Crippen molar-refractivity contribution in [3.63, 3.8) is 0 Å². The summed E-state index contributed by atoms with van der Waals surface area (Å²) >= 11 is 0. The largest absolute Gasteiger partial charge is 0.497 e. The number of ether oxygens (including phenoxy) is 2. The monoisotopic (exact) mass is 450 g/mol. The van der Waals surface area contributed by atoms with Crippen LogP contribution in [0.15, 0.2) is 47.1 Å². The number of carbonyl (C=O) groups excluding carboxylic acids is 3. The number of fused-ring (bicyclic) bond motifs is 2. The summed E-state index contributed by atoms with van der Waals surface area (Å²) in [6, 6.07) is 11.0. The van der Waals surface area contributed by atoms with E-state index in [2.05, 4.69) is 11.4 Å². The number of carbonyl (C=O) groups is 3. The summed E-state index contributed by atoms with van der Waals surface area (Å²) in [7, 11) is 3.01. The highest BCUT2D eigenvalue weighted by Gasteiger charge is 2.19. The molecule has 0 atom stereocenters. The molecule has 0 saturated heterocycles. The summed E-state index contributed by atoms with van der Waals surface area (Å²) in [5.41, 5.74) is 4.65. The first-order valence-corrected chi connectivity index (χ1v) is 10.8. The van der Waals surface area contributed by atoms with E-state index in [1.54, 1.807) is 30.5 Å². The molecule has 1 aromatic heterocycles. The Morgan fingerprint density at radius 1 is 1.12 bits per heavy atom. The minimum absolute atomic E-state index is 0.0130. The molecule has 2 aromatic carbocycles. The van der Waals surface area contributed by atoms with E-state index < -0.39 is 18.5 Å². The molecule has 0 saturated carbocycles. The van der Waals surface area contributed by atoms with Crippen LogP contribution >= 0.6 is 0 Å². The van der Waals surface area contributed by atoms with Crippen LogP contribution in [-0.4, -0.2) is 50.0 Å². The molecule has 1 N–H and O–H groups in total. The number of amides is 2. The number of nitrogens with zero attached hydrogens (tertiary/aromatic N) is 1. The van der Waals surface area contributed by atoms with E-state index in [0.29, 0.717) is 11.4 Å². The first kappa shape index (κ1) is 22.4. The van der Waals surface area contributed by atoms with Gasteiger partial charge in [0.2, 0.25) is 5.91 Å². The zero-order chi connectivity index (χ0) is 23.4. The summed E-state index contributed by atoms with van der Waals surface area (Å²) in [6.45, 7) is -0.613. The van der Waals surface area contributed by atoms with E-state index in [4.69, 9.17) is 13.9 Å². The average molecular weight is 450 g/mol. The molecule has 0 spiro atoms. The van der Waals surface area contributed by atoms with Crippen LogP contribution < -0.4 is 10.1 Å². The number of nitrogens with one attached hydrogen (secondary N) is 1. The molecular weight excluding hydrogens is 424 g/mol. The number of hydrogen-bond donors (Lipinski definition) is 1. The highest BCUT2D eigenvalue weighted by atomic mass is 16.5. The third-order valence-corrected chi connectivity index (χ3v) is 5.72. The molecule has 0 radical (unpaired) electrons. The molecule has 2 amide bonds. The number of furan rings is 1. The van der Waals surface area contributed by atoms with Crippen LogP contribution in [0.3, 0.4) is 0 Å². The molecule has 0 fully saturated rings. The van der Waals surface area contributed by atoms with Crippen LogP contribution in [-0.2, 0) is 38.4 Å². The van der Waals surface area contributed by atoms with Crippen molar-refractivity contribution in [3.05, 3.63) is 59.4 Å². The molecule has 8 heteroatoms. The van der Waals surface area contributed by atoms with Crippen molar-refractivity contribution in [2.75, 3.05) is 32.6 Å². The highest BCUT2D eigenvalue weighted by Crippen LogP contribution is 2.30. The first-order valence-electron chi connectivity index (χ1n) is 10.8. The van der Waals surface area contributed by atoms with Gasteiger partial charge in [-0.3, -0.25) is 14.4 Å². The normalized spacial score (nSPS) is 12.3. The smallest absolute Gasteiger partial charge is 0.310 e. The molecule has 1 heterocycles. The van der Waals surface area contributed by atoms with E-state index in [9.17, 15) is 14.4 Å². The summed E-state index contributed by atoms with van der Waals surface area (Å²) in [5.74, 6) is -0.762. The SMILES string of the molecule is COc1cccc(NC(=O)CN(C)C(=O)COC(=O)Cc2coc3cc4c(cc23)CCC4)c1. The molecule has 1 aliphatic rings. The van der Waals surface area contributed by atoms with Crippen molar-refractivity contribution in [2.45, 2.75) is 25.7 Å². The zero-order valence-electron chi connectivity index (χ0n) is 18.7. The predicted octanol–water partition coefficient (Wildman–Crippen LogP) is 3.11. The maximum atomic E-state index is 12.3. The minimum Gasteiger partial charge on any atom is -0.497 e. The lowest BCUT2D eigenvalue weighted by atomic mass is 10.0. The Labute approximate surface area is 191 Å². The van der Waals surface area contributed by atoms with Crippen LogP contribution in [0.5, 0.6) is 5.75 Å². The van der Waals surface area contributed by atoms with Crippen molar-refractivity contribution >= 4 is 34.4 Å². The Kier molecular flexibility index (Phi) is 6.63. The number of benzene rings is 2. The molecule has 1 aliphatic carbocycles. The molecule has 172 valence electrons. The molecule has 33 heavy (non-hydrogen) atoms. The second-order valence-corrected chi connectivity index (χ2v) is 8.10. The van der Waals surface area contributed by atoms with Crippen LogP contribution in [0, 0.1) is 0 Å². The summed E-state index contributed by atoms with van der Waals surface area (Å²) in [6.07, 6.45) is 4.80. The zero-order valence-corrected chi connectivity index (χ0v) is 18.7. The third kappa shape index (κ3) is 5.34. The van der Waals surface area contributed by atoms with E-state index in [0.717, 1.165) is 35.8 Å². The van der Waals surface area contributed by atoms with Gasteiger partial charge in [0.15, 0.2) is 6.61 Å². The Morgan fingerprint density at radius 3 is 2.70 bits per heavy atom. The Balaban J connectivity index is 1.26. The molecule has 0 unspecified atom stereocenters. The number of anilines is 1. The van der Waals surface area contributed by atoms with Gasteiger partial charge in [-0.25, -0.2) is 0 Å². The Hall–Kier alpha value is -3.81. The lowest BCUT2D eigenvalue weighted by Crippen LogP contribution is -2.37. The van der Waals surface area contributed by atoms with Gasteiger partial charge in [0.25, 0.3) is 5.91 Å². The maximum Gasteiger partial charge on any atom is 0.310 e. The number of hydrogen-bond acceptors (Lipinski definition) is 6. The lowest BCUT2D eigenvalue weighted by Gasteiger charge is -2.17. The highest BCUT2D eigenvalue weighted by molar-refractivity contribution is 5.95. The second-order valence-electron chi connectivity index (χ2n) is 8.10. The predicted molar refractivity (Wildman–Crippen MR) is 122 cm³/mol. The van der Waals surface area contributed by atoms with E-state index in [1.807, 2.05) is 6.07 Å². The summed E-state index contributed by atoms with van der Waals surface area (Å²) < 4.78 is 15.9. The second kappa shape index (κ2) is 9.77. The van der Waals surface area contributed by atoms with Gasteiger partial charge < -0.3 is 24.1 Å². The maximum absolute atomic E-state index is 12.3. The van der Waals surface area contributed by atoms with E-state index in [-0.39, 0.29) is 18.9 Å². The van der Waals surface area contributed by atoms with Crippen molar-refractivity contribution in [1.29, 1.82) is 0 Å². The fourth-order valence-corrected chi connectivity index (χ4v) is 3.95. The molecule has 0 bridgehead atoms. The van der Waals surface area contributed by atoms with Crippen molar-refractivity contribution < 1.29 is 28.3 Å². The number of esters is 1. The number of likely N-dealkylation sites (N-methyl/N-ethyl adjacent to an activating group) is 1. The van der Waals surface area contributed by atoms with Gasteiger partial charge in [-0.15, -0.1) is 0 Å². The third-order valence-electron chi connectivity index (χ3n) is 5.72. The summed E-state index contributed by atoms with van der Waals surface area (Å²) in [4.78, 5) is 38.0. The first-order chi connectivity index (χ1) is 15.9. The van der Waals surface area contributed by atoms with Crippen molar-refractivity contribution in [2.24, 2.45) is 0 Å². The molecule has 8 nitrogen and oxygen atoms in total. The van der Waals surface area contributed by atoms with Crippen LogP contribution in [0.2, 0.25) is 0 Å². The van der Waals surface area contributed by atoms with Gasteiger partial charge >= 0.3 is 5.97 Å². The van der Waals surface area contributed by atoms with Crippen molar-refractivity contribution in [3.8, 4) is 5.75 Å².